The molecule has 0 amide bonds. The van der Waals surface area contributed by atoms with Crippen LogP contribution in [0, 0.1) is 5.82 Å². The summed E-state index contributed by atoms with van der Waals surface area (Å²) in [5, 5.41) is 0.338. The van der Waals surface area contributed by atoms with Gasteiger partial charge in [-0.3, -0.25) is 0 Å². The molecule has 0 atom stereocenters. The number of carbonyl (C=O) groups is 1. The lowest BCUT2D eigenvalue weighted by Gasteiger charge is -2.14. The number of nitrogens with zero attached hydrogens (tertiary/aromatic N) is 1. The third kappa shape index (κ3) is 5.41. The van der Waals surface area contributed by atoms with Gasteiger partial charge < -0.3 is 14.2 Å². The molecule has 3 aromatic rings. The van der Waals surface area contributed by atoms with Crippen LogP contribution in [-0.2, 0) is 16.0 Å². The molecule has 4 rings (SSSR count). The molecule has 168 valence electrons. The number of cyclic esters (lactones) is 1. The molecule has 0 unspecified atom stereocenters. The summed E-state index contributed by atoms with van der Waals surface area (Å²) >= 11 is 6.48. The summed E-state index contributed by atoms with van der Waals surface area (Å²) < 4.78 is 30.8. The van der Waals surface area contributed by atoms with Gasteiger partial charge in [0.1, 0.15) is 5.82 Å². The van der Waals surface area contributed by atoms with E-state index in [9.17, 15) is 9.18 Å². The van der Waals surface area contributed by atoms with Crippen molar-refractivity contribution in [3.63, 3.8) is 0 Å². The number of benzene rings is 3. The smallest absolute Gasteiger partial charge is 0.363 e. The molecule has 0 radical (unpaired) electrons. The summed E-state index contributed by atoms with van der Waals surface area (Å²) in [6.07, 6.45) is 2.23. The Morgan fingerprint density at radius 2 is 1.82 bits per heavy atom. The van der Waals surface area contributed by atoms with E-state index in [0.717, 1.165) is 5.56 Å². The first kappa shape index (κ1) is 22.6. The molecule has 1 aliphatic rings. The van der Waals surface area contributed by atoms with Crippen molar-refractivity contribution in [2.45, 2.75) is 13.3 Å². The zero-order valence-electron chi connectivity index (χ0n) is 17.9. The fourth-order valence-corrected chi connectivity index (χ4v) is 3.58. The molecule has 1 aliphatic heterocycles. The Morgan fingerprint density at radius 1 is 1.06 bits per heavy atom. The maximum atomic E-state index is 14.0. The topological polar surface area (TPSA) is 57.1 Å². The molecule has 0 saturated carbocycles. The van der Waals surface area contributed by atoms with E-state index in [0.29, 0.717) is 41.7 Å². The predicted molar refractivity (Wildman–Crippen MR) is 125 cm³/mol. The van der Waals surface area contributed by atoms with E-state index in [1.54, 1.807) is 24.3 Å². The van der Waals surface area contributed by atoms with Crippen molar-refractivity contribution in [2.24, 2.45) is 4.99 Å². The van der Waals surface area contributed by atoms with Crippen LogP contribution in [0.1, 0.15) is 23.6 Å². The molecular formula is C26H21ClFNO4. The highest BCUT2D eigenvalue weighted by Crippen LogP contribution is 2.37. The summed E-state index contributed by atoms with van der Waals surface area (Å²) in [4.78, 5) is 16.5. The Kier molecular flexibility index (Phi) is 7.05. The standard InChI is InChI=1S/C26H21ClFNO4/c1-2-31-23-16-18(14-20(27)24(23)32-13-12-17-8-4-3-5-9-17)15-22-26(30)33-25(29-22)19-10-6-7-11-21(19)28/h3-11,14-16H,2,12-13H2,1H3/b22-15-. The van der Waals surface area contributed by atoms with Gasteiger partial charge >= 0.3 is 5.97 Å². The van der Waals surface area contributed by atoms with Crippen molar-refractivity contribution in [3.8, 4) is 11.5 Å². The second kappa shape index (κ2) is 10.3. The zero-order chi connectivity index (χ0) is 23.2. The van der Waals surface area contributed by atoms with Crippen LogP contribution in [0.2, 0.25) is 5.02 Å². The number of hydrogen-bond acceptors (Lipinski definition) is 5. The third-order valence-corrected chi connectivity index (χ3v) is 5.12. The molecule has 0 bridgehead atoms. The third-order valence-electron chi connectivity index (χ3n) is 4.84. The van der Waals surface area contributed by atoms with Crippen molar-refractivity contribution in [3.05, 3.63) is 100.0 Å². The lowest BCUT2D eigenvalue weighted by atomic mass is 10.1. The van der Waals surface area contributed by atoms with Crippen LogP contribution < -0.4 is 9.47 Å². The summed E-state index contributed by atoms with van der Waals surface area (Å²) in [5.41, 5.74) is 1.87. The van der Waals surface area contributed by atoms with Crippen LogP contribution in [0.3, 0.4) is 0 Å². The summed E-state index contributed by atoms with van der Waals surface area (Å²) in [5.74, 6) is -0.397. The molecular weight excluding hydrogens is 445 g/mol. The zero-order valence-corrected chi connectivity index (χ0v) is 18.6. The molecule has 33 heavy (non-hydrogen) atoms. The van der Waals surface area contributed by atoms with Crippen LogP contribution >= 0.6 is 11.6 Å². The first-order chi connectivity index (χ1) is 16.0. The highest BCUT2D eigenvalue weighted by molar-refractivity contribution is 6.32. The van der Waals surface area contributed by atoms with Crippen LogP contribution in [0.4, 0.5) is 4.39 Å². The molecule has 0 fully saturated rings. The van der Waals surface area contributed by atoms with Gasteiger partial charge in [0.15, 0.2) is 17.2 Å². The molecule has 7 heteroatoms. The van der Waals surface area contributed by atoms with Crippen LogP contribution in [0.5, 0.6) is 11.5 Å². The highest BCUT2D eigenvalue weighted by Gasteiger charge is 2.26. The maximum Gasteiger partial charge on any atom is 0.363 e. The largest absolute Gasteiger partial charge is 0.490 e. The van der Waals surface area contributed by atoms with Crippen LogP contribution in [0.25, 0.3) is 6.08 Å². The Hall–Kier alpha value is -3.64. The lowest BCUT2D eigenvalue weighted by Crippen LogP contribution is -2.07. The van der Waals surface area contributed by atoms with Gasteiger partial charge in [-0.2, -0.15) is 0 Å². The summed E-state index contributed by atoms with van der Waals surface area (Å²) in [6, 6.07) is 19.3. The van der Waals surface area contributed by atoms with Gasteiger partial charge in [0.2, 0.25) is 5.90 Å². The predicted octanol–water partition coefficient (Wildman–Crippen LogP) is 5.84. The minimum Gasteiger partial charge on any atom is -0.490 e. The number of rotatable bonds is 8. The molecule has 0 N–H and O–H groups in total. The normalized spacial score (nSPS) is 14.2. The number of esters is 1. The molecule has 3 aromatic carbocycles. The van der Waals surface area contributed by atoms with Gasteiger partial charge in [-0.25, -0.2) is 14.2 Å². The van der Waals surface area contributed by atoms with E-state index < -0.39 is 11.8 Å². The van der Waals surface area contributed by atoms with Gasteiger partial charge in [0.05, 0.1) is 23.8 Å². The Balaban J connectivity index is 1.57. The number of aliphatic imine (C=N–C) groups is 1. The van der Waals surface area contributed by atoms with Crippen molar-refractivity contribution >= 4 is 29.5 Å². The molecule has 0 spiro atoms. The van der Waals surface area contributed by atoms with E-state index in [-0.39, 0.29) is 17.2 Å². The Morgan fingerprint density at radius 3 is 2.58 bits per heavy atom. The van der Waals surface area contributed by atoms with Crippen molar-refractivity contribution in [1.82, 2.24) is 0 Å². The lowest BCUT2D eigenvalue weighted by molar-refractivity contribution is -0.129. The van der Waals surface area contributed by atoms with Crippen molar-refractivity contribution < 1.29 is 23.4 Å². The number of halogens is 2. The first-order valence-electron chi connectivity index (χ1n) is 10.5. The van der Waals surface area contributed by atoms with Gasteiger partial charge in [-0.15, -0.1) is 0 Å². The first-order valence-corrected chi connectivity index (χ1v) is 10.8. The quantitative estimate of drug-likeness (QED) is 0.309. The average Bonchev–Trinajstić information content (AvgIpc) is 3.16. The van der Waals surface area contributed by atoms with E-state index in [1.165, 1.54) is 18.2 Å². The molecule has 1 heterocycles. The molecule has 0 aromatic heterocycles. The SMILES string of the molecule is CCOc1cc(/C=C2\N=C(c3ccccc3F)OC2=O)cc(Cl)c1OCCc1ccccc1. The van der Waals surface area contributed by atoms with Crippen LogP contribution in [0.15, 0.2) is 77.4 Å². The summed E-state index contributed by atoms with van der Waals surface area (Å²) in [6.45, 7) is 2.68. The van der Waals surface area contributed by atoms with Crippen molar-refractivity contribution in [1.29, 1.82) is 0 Å². The molecule has 5 nitrogen and oxygen atoms in total. The van der Waals surface area contributed by atoms with E-state index in [2.05, 4.69) is 4.99 Å². The monoisotopic (exact) mass is 465 g/mol. The second-order valence-corrected chi connectivity index (χ2v) is 7.57. The number of carbonyl (C=O) groups excluding carboxylic acids is 1. The maximum absolute atomic E-state index is 14.0. The van der Waals surface area contributed by atoms with Gasteiger partial charge in [0.25, 0.3) is 0 Å². The van der Waals surface area contributed by atoms with Crippen LogP contribution in [-0.4, -0.2) is 25.1 Å². The summed E-state index contributed by atoms with van der Waals surface area (Å²) in [7, 11) is 0. The fourth-order valence-electron chi connectivity index (χ4n) is 3.31. The van der Waals surface area contributed by atoms with E-state index in [4.69, 9.17) is 25.8 Å². The minimum absolute atomic E-state index is 0.0320. The van der Waals surface area contributed by atoms with E-state index >= 15 is 0 Å². The van der Waals surface area contributed by atoms with Gasteiger partial charge in [-0.1, -0.05) is 54.1 Å². The van der Waals surface area contributed by atoms with Gasteiger partial charge in [-0.05, 0) is 48.4 Å². The Bertz CT molecular complexity index is 1220. The minimum atomic E-state index is -0.675. The van der Waals surface area contributed by atoms with Gasteiger partial charge in [0, 0.05) is 6.42 Å². The number of hydrogen-bond donors (Lipinski definition) is 0. The fraction of sp³-hybridized carbons (Fsp3) is 0.154. The average molecular weight is 466 g/mol. The molecule has 0 aliphatic carbocycles. The highest BCUT2D eigenvalue weighted by atomic mass is 35.5. The van der Waals surface area contributed by atoms with E-state index in [1.807, 2.05) is 37.3 Å². The number of ether oxygens (including phenoxy) is 3. The van der Waals surface area contributed by atoms with Crippen molar-refractivity contribution in [2.75, 3.05) is 13.2 Å². The Labute approximate surface area is 196 Å². The molecule has 0 saturated heterocycles. The second-order valence-electron chi connectivity index (χ2n) is 7.16.